The molecule has 24 heavy (non-hydrogen) atoms. The van der Waals surface area contributed by atoms with Crippen molar-refractivity contribution in [1.29, 1.82) is 0 Å². The maximum absolute atomic E-state index is 12.9. The number of aryl methyl sites for hydroxylation is 1. The number of piperidine rings is 1. The molecule has 2 aliphatic heterocycles. The second kappa shape index (κ2) is 7.34. The molecule has 0 spiro atoms. The lowest BCUT2D eigenvalue weighted by Gasteiger charge is -2.36. The molecule has 132 valence electrons. The topological polar surface area (TPSA) is 78.5 Å². The average molecular weight is 334 g/mol. The molecule has 0 radical (unpaired) electrons. The second-order valence-electron chi connectivity index (χ2n) is 6.56. The van der Waals surface area contributed by atoms with Crippen LogP contribution in [0.2, 0.25) is 0 Å². The minimum Gasteiger partial charge on any atom is -0.383 e. The molecule has 0 aliphatic carbocycles. The lowest BCUT2D eigenvalue weighted by Crippen LogP contribution is -2.48. The summed E-state index contributed by atoms with van der Waals surface area (Å²) in [7, 11) is 1.62. The van der Waals surface area contributed by atoms with Gasteiger partial charge < -0.3 is 14.5 Å². The summed E-state index contributed by atoms with van der Waals surface area (Å²) in [6.45, 7) is 5.02. The van der Waals surface area contributed by atoms with Crippen molar-refractivity contribution in [2.45, 2.75) is 39.2 Å². The SMILES string of the molecule is CCc1n[nH]c2c1CN(C(=O)C1CCC(=O)N(CCOC)C1)CC2. The molecule has 3 rings (SSSR count). The number of rotatable bonds is 5. The van der Waals surface area contributed by atoms with Gasteiger partial charge in [0.15, 0.2) is 0 Å². The van der Waals surface area contributed by atoms with Gasteiger partial charge in [-0.25, -0.2) is 0 Å². The molecular weight excluding hydrogens is 308 g/mol. The minimum atomic E-state index is -0.0990. The van der Waals surface area contributed by atoms with Crippen LogP contribution in [0, 0.1) is 5.92 Å². The summed E-state index contributed by atoms with van der Waals surface area (Å²) in [4.78, 5) is 28.6. The normalized spacial score (nSPS) is 21.1. The molecule has 1 atom stereocenters. The zero-order chi connectivity index (χ0) is 17.1. The van der Waals surface area contributed by atoms with Crippen molar-refractivity contribution >= 4 is 11.8 Å². The number of fused-ring (bicyclic) bond motifs is 1. The Morgan fingerprint density at radius 2 is 2.25 bits per heavy atom. The highest BCUT2D eigenvalue weighted by Crippen LogP contribution is 2.25. The van der Waals surface area contributed by atoms with Gasteiger partial charge in [-0.1, -0.05) is 6.92 Å². The van der Waals surface area contributed by atoms with Crippen LogP contribution >= 0.6 is 0 Å². The monoisotopic (exact) mass is 334 g/mol. The number of hydrogen-bond acceptors (Lipinski definition) is 4. The molecule has 1 fully saturated rings. The Balaban J connectivity index is 1.65. The molecule has 2 amide bonds. The number of H-pyrrole nitrogens is 1. The molecule has 3 heterocycles. The van der Waals surface area contributed by atoms with Crippen molar-refractivity contribution in [1.82, 2.24) is 20.0 Å². The highest BCUT2D eigenvalue weighted by molar-refractivity contribution is 5.84. The van der Waals surface area contributed by atoms with E-state index in [1.165, 1.54) is 5.56 Å². The summed E-state index contributed by atoms with van der Waals surface area (Å²) < 4.78 is 5.06. The van der Waals surface area contributed by atoms with Gasteiger partial charge in [0.1, 0.15) is 0 Å². The Morgan fingerprint density at radius 3 is 3.00 bits per heavy atom. The molecule has 2 aliphatic rings. The van der Waals surface area contributed by atoms with Gasteiger partial charge in [0.2, 0.25) is 11.8 Å². The Labute approximate surface area is 142 Å². The number of hydrogen-bond donors (Lipinski definition) is 1. The molecule has 0 bridgehead atoms. The van der Waals surface area contributed by atoms with Gasteiger partial charge in [0, 0.05) is 57.4 Å². The number of aromatic nitrogens is 2. The van der Waals surface area contributed by atoms with Crippen LogP contribution in [0.1, 0.15) is 36.7 Å². The van der Waals surface area contributed by atoms with E-state index in [1.807, 2.05) is 4.90 Å². The van der Waals surface area contributed by atoms with E-state index in [0.717, 1.165) is 30.8 Å². The Morgan fingerprint density at radius 1 is 1.42 bits per heavy atom. The summed E-state index contributed by atoms with van der Waals surface area (Å²) in [6, 6.07) is 0. The molecule has 1 saturated heterocycles. The first-order valence-corrected chi connectivity index (χ1v) is 8.74. The Hall–Kier alpha value is -1.89. The molecule has 7 heteroatoms. The third-order valence-corrected chi connectivity index (χ3v) is 5.08. The van der Waals surface area contributed by atoms with Crippen LogP contribution in [-0.4, -0.2) is 65.2 Å². The molecule has 1 aromatic heterocycles. The zero-order valence-electron chi connectivity index (χ0n) is 14.5. The lowest BCUT2D eigenvalue weighted by atomic mass is 9.94. The maximum Gasteiger partial charge on any atom is 0.227 e. The summed E-state index contributed by atoms with van der Waals surface area (Å²) >= 11 is 0. The van der Waals surface area contributed by atoms with E-state index in [4.69, 9.17) is 4.74 Å². The molecule has 1 N–H and O–H groups in total. The van der Waals surface area contributed by atoms with Crippen LogP contribution in [0.25, 0.3) is 0 Å². The predicted octanol–water partition coefficient (Wildman–Crippen LogP) is 0.742. The fourth-order valence-corrected chi connectivity index (χ4v) is 3.63. The quantitative estimate of drug-likeness (QED) is 0.861. The number of likely N-dealkylation sites (tertiary alicyclic amines) is 1. The van der Waals surface area contributed by atoms with Crippen LogP contribution in [0.3, 0.4) is 0 Å². The number of ether oxygens (including phenoxy) is 1. The molecular formula is C17H26N4O3. The summed E-state index contributed by atoms with van der Waals surface area (Å²) in [5.74, 6) is 0.192. The highest BCUT2D eigenvalue weighted by Gasteiger charge is 2.34. The highest BCUT2D eigenvalue weighted by atomic mass is 16.5. The van der Waals surface area contributed by atoms with E-state index in [2.05, 4.69) is 17.1 Å². The standard InChI is InChI=1S/C17H26N4O3/c1-3-14-13-11-21(7-6-15(13)19-18-14)17(23)12-4-5-16(22)20(10-12)8-9-24-2/h12H,3-11H2,1-2H3,(H,18,19). The first kappa shape index (κ1) is 17.0. The van der Waals surface area contributed by atoms with Crippen molar-refractivity contribution in [2.24, 2.45) is 5.92 Å². The zero-order valence-corrected chi connectivity index (χ0v) is 14.5. The van der Waals surface area contributed by atoms with Crippen LogP contribution in [0.4, 0.5) is 0 Å². The smallest absolute Gasteiger partial charge is 0.227 e. The third-order valence-electron chi connectivity index (χ3n) is 5.08. The minimum absolute atomic E-state index is 0.0990. The lowest BCUT2D eigenvalue weighted by molar-refractivity contribution is -0.144. The van der Waals surface area contributed by atoms with Crippen LogP contribution in [0.15, 0.2) is 0 Å². The van der Waals surface area contributed by atoms with Crippen molar-refractivity contribution in [3.05, 3.63) is 17.0 Å². The summed E-state index contributed by atoms with van der Waals surface area (Å²) in [5, 5.41) is 7.45. The van der Waals surface area contributed by atoms with Gasteiger partial charge >= 0.3 is 0 Å². The number of carbonyl (C=O) groups is 2. The van der Waals surface area contributed by atoms with Crippen molar-refractivity contribution in [3.63, 3.8) is 0 Å². The molecule has 7 nitrogen and oxygen atoms in total. The summed E-state index contributed by atoms with van der Waals surface area (Å²) in [6.07, 6.45) is 2.80. The van der Waals surface area contributed by atoms with Gasteiger partial charge in [0.05, 0.1) is 18.2 Å². The summed E-state index contributed by atoms with van der Waals surface area (Å²) in [5.41, 5.74) is 3.40. The van der Waals surface area contributed by atoms with Gasteiger partial charge in [-0.05, 0) is 12.8 Å². The van der Waals surface area contributed by atoms with Gasteiger partial charge in [0.25, 0.3) is 0 Å². The van der Waals surface area contributed by atoms with E-state index in [9.17, 15) is 9.59 Å². The fraction of sp³-hybridized carbons (Fsp3) is 0.706. The first-order chi connectivity index (χ1) is 11.6. The van der Waals surface area contributed by atoms with E-state index >= 15 is 0 Å². The van der Waals surface area contributed by atoms with Crippen LogP contribution < -0.4 is 0 Å². The largest absolute Gasteiger partial charge is 0.383 e. The van der Waals surface area contributed by atoms with Gasteiger partial charge in [-0.2, -0.15) is 5.10 Å². The number of nitrogens with one attached hydrogen (secondary N) is 1. The molecule has 0 aromatic carbocycles. The van der Waals surface area contributed by atoms with Crippen molar-refractivity contribution in [2.75, 3.05) is 33.4 Å². The first-order valence-electron chi connectivity index (χ1n) is 8.74. The third kappa shape index (κ3) is 3.31. The van der Waals surface area contributed by atoms with Crippen molar-refractivity contribution < 1.29 is 14.3 Å². The number of methoxy groups -OCH3 is 1. The number of amides is 2. The molecule has 0 saturated carbocycles. The average Bonchev–Trinajstić information content (AvgIpc) is 3.02. The molecule has 1 aromatic rings. The van der Waals surface area contributed by atoms with Crippen LogP contribution in [-0.2, 0) is 33.7 Å². The number of aromatic amines is 1. The number of nitrogens with zero attached hydrogens (tertiary/aromatic N) is 3. The maximum atomic E-state index is 12.9. The second-order valence-corrected chi connectivity index (χ2v) is 6.56. The van der Waals surface area contributed by atoms with E-state index in [1.54, 1.807) is 12.0 Å². The van der Waals surface area contributed by atoms with Crippen LogP contribution in [0.5, 0.6) is 0 Å². The van der Waals surface area contributed by atoms with E-state index in [0.29, 0.717) is 39.1 Å². The Kier molecular flexibility index (Phi) is 5.18. The van der Waals surface area contributed by atoms with E-state index in [-0.39, 0.29) is 17.7 Å². The van der Waals surface area contributed by atoms with Crippen molar-refractivity contribution in [3.8, 4) is 0 Å². The fourth-order valence-electron chi connectivity index (χ4n) is 3.63. The molecule has 1 unspecified atom stereocenters. The Bertz CT molecular complexity index is 599. The van der Waals surface area contributed by atoms with E-state index < -0.39 is 0 Å². The predicted molar refractivity (Wildman–Crippen MR) is 88.3 cm³/mol. The van der Waals surface area contributed by atoms with Gasteiger partial charge in [-0.3, -0.25) is 14.7 Å². The van der Waals surface area contributed by atoms with Gasteiger partial charge in [-0.15, -0.1) is 0 Å². The number of carbonyl (C=O) groups excluding carboxylic acids is 2.